The number of anilines is 1. The first-order valence-electron chi connectivity index (χ1n) is 9.14. The van der Waals surface area contributed by atoms with E-state index in [0.29, 0.717) is 50.5 Å². The van der Waals surface area contributed by atoms with E-state index in [0.717, 1.165) is 0 Å². The van der Waals surface area contributed by atoms with E-state index in [1.54, 1.807) is 35.2 Å². The Morgan fingerprint density at radius 2 is 1.89 bits per heavy atom. The maximum atomic E-state index is 12.3. The second-order valence-electron chi connectivity index (χ2n) is 6.54. The van der Waals surface area contributed by atoms with Gasteiger partial charge in [0, 0.05) is 38.2 Å². The second-order valence-corrected chi connectivity index (χ2v) is 6.54. The number of nitro benzene ring substituents is 1. The van der Waals surface area contributed by atoms with E-state index in [4.69, 9.17) is 4.42 Å². The summed E-state index contributed by atoms with van der Waals surface area (Å²) in [5, 5.41) is 16.8. The minimum atomic E-state index is -0.446. The largest absolute Gasteiger partial charge is 0.459 e. The van der Waals surface area contributed by atoms with Crippen LogP contribution in [0.25, 0.3) is 0 Å². The number of furan rings is 1. The molecule has 3 rings (SSSR count). The van der Waals surface area contributed by atoms with Crippen LogP contribution in [-0.2, 0) is 4.79 Å². The average Bonchev–Trinajstić information content (AvgIpc) is 3.25. The van der Waals surface area contributed by atoms with Crippen LogP contribution in [-0.4, -0.2) is 47.8 Å². The molecule has 28 heavy (non-hydrogen) atoms. The molecule has 2 heterocycles. The van der Waals surface area contributed by atoms with E-state index in [1.165, 1.54) is 12.3 Å². The first-order valence-corrected chi connectivity index (χ1v) is 9.14. The molecule has 1 saturated heterocycles. The van der Waals surface area contributed by atoms with Gasteiger partial charge in [-0.1, -0.05) is 12.1 Å². The Bertz CT molecular complexity index is 829. The third kappa shape index (κ3) is 4.67. The molecule has 9 heteroatoms. The molecule has 148 valence electrons. The summed E-state index contributed by atoms with van der Waals surface area (Å²) in [5.74, 6) is -0.0531. The summed E-state index contributed by atoms with van der Waals surface area (Å²) >= 11 is 0. The van der Waals surface area contributed by atoms with E-state index >= 15 is 0 Å². The molecule has 1 aliphatic rings. The van der Waals surface area contributed by atoms with Crippen molar-refractivity contribution in [1.29, 1.82) is 0 Å². The van der Waals surface area contributed by atoms with Crippen LogP contribution in [0.5, 0.6) is 0 Å². The number of carbonyl (C=O) groups excluding carboxylic acids is 2. The summed E-state index contributed by atoms with van der Waals surface area (Å²) in [7, 11) is 0. The lowest BCUT2D eigenvalue weighted by Gasteiger charge is -2.30. The van der Waals surface area contributed by atoms with Crippen molar-refractivity contribution in [2.45, 2.75) is 12.8 Å². The molecule has 0 spiro atoms. The Morgan fingerprint density at radius 1 is 1.14 bits per heavy atom. The van der Waals surface area contributed by atoms with Crippen molar-refractivity contribution in [1.82, 2.24) is 10.2 Å². The minimum Gasteiger partial charge on any atom is -0.459 e. The molecule has 0 aliphatic carbocycles. The Morgan fingerprint density at radius 3 is 2.57 bits per heavy atom. The lowest BCUT2D eigenvalue weighted by Crippen LogP contribution is -2.43. The fourth-order valence-electron chi connectivity index (χ4n) is 3.21. The number of benzene rings is 1. The third-order valence-corrected chi connectivity index (χ3v) is 4.73. The summed E-state index contributed by atoms with van der Waals surface area (Å²) in [4.78, 5) is 36.8. The van der Waals surface area contributed by atoms with Gasteiger partial charge < -0.3 is 20.0 Å². The van der Waals surface area contributed by atoms with Gasteiger partial charge in [0.15, 0.2) is 5.76 Å². The van der Waals surface area contributed by atoms with Crippen LogP contribution < -0.4 is 10.6 Å². The average molecular weight is 386 g/mol. The molecule has 2 N–H and O–H groups in total. The van der Waals surface area contributed by atoms with E-state index in [2.05, 4.69) is 10.6 Å². The number of para-hydroxylation sites is 2. The van der Waals surface area contributed by atoms with Crippen molar-refractivity contribution in [3.63, 3.8) is 0 Å². The van der Waals surface area contributed by atoms with Crippen molar-refractivity contribution in [3.8, 4) is 0 Å². The second kappa shape index (κ2) is 9.03. The number of amides is 2. The van der Waals surface area contributed by atoms with Crippen LogP contribution in [0, 0.1) is 16.0 Å². The molecule has 2 aromatic rings. The number of piperidine rings is 1. The molecule has 1 aromatic heterocycles. The zero-order valence-corrected chi connectivity index (χ0v) is 15.3. The summed E-state index contributed by atoms with van der Waals surface area (Å²) in [6.07, 6.45) is 2.65. The van der Waals surface area contributed by atoms with E-state index < -0.39 is 4.92 Å². The zero-order chi connectivity index (χ0) is 19.9. The Labute approximate surface area is 161 Å². The van der Waals surface area contributed by atoms with Crippen molar-refractivity contribution in [3.05, 3.63) is 58.5 Å². The van der Waals surface area contributed by atoms with Crippen molar-refractivity contribution < 1.29 is 18.9 Å². The highest BCUT2D eigenvalue weighted by atomic mass is 16.6. The van der Waals surface area contributed by atoms with Gasteiger partial charge in [-0.05, 0) is 31.0 Å². The summed E-state index contributed by atoms with van der Waals surface area (Å²) in [6.45, 7) is 1.75. The Hall–Kier alpha value is -3.36. The number of hydrogen-bond donors (Lipinski definition) is 2. The van der Waals surface area contributed by atoms with Crippen molar-refractivity contribution >= 4 is 23.2 Å². The number of nitro groups is 1. The lowest BCUT2D eigenvalue weighted by molar-refractivity contribution is -0.384. The number of nitrogens with zero attached hydrogens (tertiary/aromatic N) is 2. The van der Waals surface area contributed by atoms with Gasteiger partial charge in [0.05, 0.1) is 11.2 Å². The van der Waals surface area contributed by atoms with Crippen molar-refractivity contribution in [2.24, 2.45) is 5.92 Å². The molecule has 0 saturated carbocycles. The monoisotopic (exact) mass is 386 g/mol. The predicted octanol–water partition coefficient (Wildman–Crippen LogP) is 2.27. The highest BCUT2D eigenvalue weighted by Crippen LogP contribution is 2.23. The maximum Gasteiger partial charge on any atom is 0.292 e. The summed E-state index contributed by atoms with van der Waals surface area (Å²) < 4.78 is 5.13. The van der Waals surface area contributed by atoms with Crippen LogP contribution in [0.4, 0.5) is 11.4 Å². The molecule has 9 nitrogen and oxygen atoms in total. The number of rotatable bonds is 7. The Balaban J connectivity index is 1.39. The van der Waals surface area contributed by atoms with Gasteiger partial charge in [-0.3, -0.25) is 19.7 Å². The number of nitrogens with one attached hydrogen (secondary N) is 2. The highest BCUT2D eigenvalue weighted by Gasteiger charge is 2.28. The van der Waals surface area contributed by atoms with Crippen LogP contribution in [0.1, 0.15) is 23.4 Å². The molecular weight excluding hydrogens is 364 g/mol. The highest BCUT2D eigenvalue weighted by molar-refractivity contribution is 5.91. The summed E-state index contributed by atoms with van der Waals surface area (Å²) in [5.41, 5.74) is 0.425. The number of likely N-dealkylation sites (tertiary alicyclic amines) is 1. The Kier molecular flexibility index (Phi) is 6.25. The molecule has 1 fully saturated rings. The predicted molar refractivity (Wildman–Crippen MR) is 102 cm³/mol. The van der Waals surface area contributed by atoms with Gasteiger partial charge in [-0.15, -0.1) is 0 Å². The first kappa shape index (κ1) is 19.4. The van der Waals surface area contributed by atoms with E-state index in [-0.39, 0.29) is 23.4 Å². The van der Waals surface area contributed by atoms with Crippen LogP contribution in [0.2, 0.25) is 0 Å². The molecule has 0 radical (unpaired) electrons. The van der Waals surface area contributed by atoms with E-state index in [1.807, 2.05) is 0 Å². The standard InChI is InChI=1S/C19H22N4O5/c24-18(21-10-9-20-15-4-1-2-5-16(15)23(26)27)14-7-11-22(12-8-14)19(25)17-6-3-13-28-17/h1-6,13-14,20H,7-12H2,(H,21,24). The molecule has 0 unspecified atom stereocenters. The summed E-state index contributed by atoms with van der Waals surface area (Å²) in [6, 6.07) is 9.68. The minimum absolute atomic E-state index is 0.00224. The zero-order valence-electron chi connectivity index (χ0n) is 15.3. The number of carbonyl (C=O) groups is 2. The molecule has 1 aromatic carbocycles. The molecule has 2 amide bonds. The SMILES string of the molecule is O=C(NCCNc1ccccc1[N+](=O)[O-])C1CCN(C(=O)c2ccco2)CC1. The first-order chi connectivity index (χ1) is 13.6. The molecule has 0 atom stereocenters. The quantitative estimate of drug-likeness (QED) is 0.428. The van der Waals surface area contributed by atoms with Crippen LogP contribution in [0.3, 0.4) is 0 Å². The topological polar surface area (TPSA) is 118 Å². The molecule has 1 aliphatic heterocycles. The fraction of sp³-hybridized carbons (Fsp3) is 0.368. The maximum absolute atomic E-state index is 12.3. The van der Waals surface area contributed by atoms with Crippen molar-refractivity contribution in [2.75, 3.05) is 31.5 Å². The van der Waals surface area contributed by atoms with Gasteiger partial charge in [-0.25, -0.2) is 0 Å². The normalized spacial score (nSPS) is 14.5. The van der Waals surface area contributed by atoms with Gasteiger partial charge in [0.2, 0.25) is 5.91 Å². The van der Waals surface area contributed by atoms with Gasteiger partial charge >= 0.3 is 0 Å². The van der Waals surface area contributed by atoms with Crippen LogP contribution in [0.15, 0.2) is 47.1 Å². The fourth-order valence-corrected chi connectivity index (χ4v) is 3.21. The number of hydrogen-bond acceptors (Lipinski definition) is 6. The van der Waals surface area contributed by atoms with E-state index in [9.17, 15) is 19.7 Å². The van der Waals surface area contributed by atoms with Crippen LogP contribution >= 0.6 is 0 Å². The third-order valence-electron chi connectivity index (χ3n) is 4.73. The van der Waals surface area contributed by atoms with Gasteiger partial charge in [0.25, 0.3) is 11.6 Å². The van der Waals surface area contributed by atoms with Gasteiger partial charge in [-0.2, -0.15) is 0 Å². The smallest absolute Gasteiger partial charge is 0.292 e. The molecule has 0 bridgehead atoms. The van der Waals surface area contributed by atoms with Gasteiger partial charge in [0.1, 0.15) is 5.69 Å². The lowest BCUT2D eigenvalue weighted by atomic mass is 9.95. The molecular formula is C19H22N4O5.